The summed E-state index contributed by atoms with van der Waals surface area (Å²) in [7, 11) is 0. The van der Waals surface area contributed by atoms with Gasteiger partial charge in [-0.05, 0) is 0 Å². The van der Waals surface area contributed by atoms with Crippen molar-refractivity contribution in [3.8, 4) is 0 Å². The monoisotopic (exact) mass is 241 g/mol. The Morgan fingerprint density at radius 3 is 2.50 bits per heavy atom. The number of halogens is 2. The van der Waals surface area contributed by atoms with Crippen LogP contribution in [-0.4, -0.2) is 10.1 Å². The molecule has 0 spiro atoms. The standard InChI is InChI=1S/C2HBr2N3O/c1-5-7(4)2(8)6-3/h(H,6,8). The number of amides is 2. The molecule has 0 heterocycles. The van der Waals surface area contributed by atoms with Crippen molar-refractivity contribution in [2.45, 2.75) is 0 Å². The lowest BCUT2D eigenvalue weighted by Gasteiger charge is -1.92. The Morgan fingerprint density at radius 2 is 2.38 bits per heavy atom. The average molecular weight is 243 g/mol. The van der Waals surface area contributed by atoms with Crippen molar-refractivity contribution in [2.24, 2.45) is 0 Å². The van der Waals surface area contributed by atoms with Crippen LogP contribution in [0.2, 0.25) is 0 Å². The van der Waals surface area contributed by atoms with Gasteiger partial charge < -0.3 is 0 Å². The van der Waals surface area contributed by atoms with Crippen LogP contribution in [-0.2, 0) is 0 Å². The quantitative estimate of drug-likeness (QED) is 0.390. The van der Waals surface area contributed by atoms with Crippen LogP contribution in [0.25, 0.3) is 4.95 Å². The number of hydrogen-bond donors (Lipinski definition) is 1. The van der Waals surface area contributed by atoms with Gasteiger partial charge in [0.15, 0.2) is 0 Å². The van der Waals surface area contributed by atoms with Crippen molar-refractivity contribution < 1.29 is 4.79 Å². The van der Waals surface area contributed by atoms with Gasteiger partial charge in [-0.15, -0.1) is 4.95 Å². The molecule has 0 aliphatic rings. The minimum atomic E-state index is -0.556. The summed E-state index contributed by atoms with van der Waals surface area (Å²) in [6.07, 6.45) is 0. The minimum absolute atomic E-state index is 0.556. The van der Waals surface area contributed by atoms with Crippen molar-refractivity contribution in [3.05, 3.63) is 11.5 Å². The fourth-order valence-electron chi connectivity index (χ4n) is 0.0803. The molecule has 0 atom stereocenters. The molecule has 0 fully saturated rings. The molecular weight excluding hydrogens is 242 g/mol. The van der Waals surface area contributed by atoms with E-state index in [1.807, 2.05) is 0 Å². The Hall–Kier alpha value is -0.280. The fourth-order valence-corrected chi connectivity index (χ4v) is 0.575. The van der Waals surface area contributed by atoms with Crippen LogP contribution < -0.4 is 4.34 Å². The summed E-state index contributed by atoms with van der Waals surface area (Å²) in [5, 5.41) is 0. The molecule has 0 bridgehead atoms. The molecule has 0 unspecified atom stereocenters. The molecule has 4 nitrogen and oxygen atoms in total. The molecule has 0 rings (SSSR count). The summed E-state index contributed by atoms with van der Waals surface area (Å²) in [5.74, 6) is 0. The van der Waals surface area contributed by atoms with Crippen LogP contribution in [0.1, 0.15) is 0 Å². The van der Waals surface area contributed by atoms with Crippen LogP contribution in [0.4, 0.5) is 4.79 Å². The first kappa shape index (κ1) is 7.72. The Bertz CT molecular complexity index is 130. The van der Waals surface area contributed by atoms with Gasteiger partial charge in [0.1, 0.15) is 16.1 Å². The maximum absolute atomic E-state index is 10.3. The predicted molar refractivity (Wildman–Crippen MR) is 34.8 cm³/mol. The van der Waals surface area contributed by atoms with E-state index in [2.05, 4.69) is 41.6 Å². The fraction of sp³-hybridized carbons (Fsp3) is 0. The zero-order chi connectivity index (χ0) is 6.57. The van der Waals surface area contributed by atoms with E-state index in [-0.39, 0.29) is 0 Å². The second kappa shape index (κ2) is 3.69. The molecule has 2 amide bonds. The van der Waals surface area contributed by atoms with E-state index in [0.29, 0.717) is 4.03 Å². The SMILES string of the molecule is [C-]#[N+]N(Br)C(=O)NBr. The molecular formula is C2HBr2N3O. The number of carbonyl (C=O) groups excluding carboxylic acids is 1. The number of rotatable bonds is 0. The number of nitrogens with zero attached hydrogens (tertiary/aromatic N) is 2. The van der Waals surface area contributed by atoms with Crippen LogP contribution in [0.5, 0.6) is 0 Å². The van der Waals surface area contributed by atoms with Gasteiger partial charge in [-0.2, -0.15) is 6.57 Å². The lowest BCUT2D eigenvalue weighted by molar-refractivity contribution is 0.240. The smallest absolute Gasteiger partial charge is 0.268 e. The maximum atomic E-state index is 10.3. The van der Waals surface area contributed by atoms with E-state index in [4.69, 9.17) is 6.57 Å². The molecule has 0 saturated heterocycles. The molecule has 0 aliphatic heterocycles. The van der Waals surface area contributed by atoms with Gasteiger partial charge in [0, 0.05) is 4.03 Å². The third-order valence-electron chi connectivity index (χ3n) is 0.336. The molecule has 0 radical (unpaired) electrons. The first-order chi connectivity index (χ1) is 3.72. The number of nitrogens with one attached hydrogen (secondary N) is 1. The van der Waals surface area contributed by atoms with Gasteiger partial charge in [0.2, 0.25) is 0 Å². The molecule has 8 heavy (non-hydrogen) atoms. The average Bonchev–Trinajstić information content (AvgIpc) is 1.84. The van der Waals surface area contributed by atoms with E-state index in [0.717, 1.165) is 0 Å². The third-order valence-corrected chi connectivity index (χ3v) is 1.16. The number of carbonyl (C=O) groups is 1. The normalized spacial score (nSPS) is 7.12. The summed E-state index contributed by atoms with van der Waals surface area (Å²) in [5.41, 5.74) is 0. The molecule has 1 N–H and O–H groups in total. The summed E-state index contributed by atoms with van der Waals surface area (Å²) < 4.78 is 2.71. The highest BCUT2D eigenvalue weighted by Gasteiger charge is 2.10. The third kappa shape index (κ3) is 2.14. The van der Waals surface area contributed by atoms with E-state index in [1.165, 1.54) is 0 Å². The predicted octanol–water partition coefficient (Wildman–Crippen LogP) is 1.45. The van der Waals surface area contributed by atoms with Gasteiger partial charge in [0.05, 0.1) is 16.1 Å². The largest absolute Gasteiger partial charge is 0.406 e. The Kier molecular flexibility index (Phi) is 3.56. The van der Waals surface area contributed by atoms with E-state index in [1.54, 1.807) is 0 Å². The van der Waals surface area contributed by atoms with Crippen molar-refractivity contribution >= 4 is 38.3 Å². The van der Waals surface area contributed by atoms with Crippen molar-refractivity contribution in [1.82, 2.24) is 8.38 Å². The van der Waals surface area contributed by atoms with Gasteiger partial charge in [-0.25, -0.2) is 4.79 Å². The molecule has 0 aromatic heterocycles. The van der Waals surface area contributed by atoms with E-state index in [9.17, 15) is 4.79 Å². The lowest BCUT2D eigenvalue weighted by atomic mass is 11.1. The minimum Gasteiger partial charge on any atom is -0.268 e. The zero-order valence-electron chi connectivity index (χ0n) is 3.56. The molecule has 6 heteroatoms. The second-order valence-electron chi connectivity index (χ2n) is 0.760. The van der Waals surface area contributed by atoms with Crippen molar-refractivity contribution in [1.29, 1.82) is 0 Å². The highest BCUT2D eigenvalue weighted by molar-refractivity contribution is 9.08. The van der Waals surface area contributed by atoms with Gasteiger partial charge in [-0.1, -0.05) is 0 Å². The van der Waals surface area contributed by atoms with Crippen LogP contribution in [0, 0.1) is 6.57 Å². The summed E-state index contributed by atoms with van der Waals surface area (Å²) in [6, 6.07) is -0.556. The van der Waals surface area contributed by atoms with E-state index < -0.39 is 6.03 Å². The van der Waals surface area contributed by atoms with Gasteiger partial charge in [0.25, 0.3) is 0 Å². The first-order valence-electron chi connectivity index (χ1n) is 1.46. The van der Waals surface area contributed by atoms with Crippen LogP contribution >= 0.6 is 32.3 Å². The summed E-state index contributed by atoms with van der Waals surface area (Å²) in [6.45, 7) is 6.26. The van der Waals surface area contributed by atoms with E-state index >= 15 is 0 Å². The van der Waals surface area contributed by atoms with Gasteiger partial charge in [-0.3, -0.25) is 4.34 Å². The highest BCUT2D eigenvalue weighted by atomic mass is 79.9. The highest BCUT2D eigenvalue weighted by Crippen LogP contribution is 1.97. The Morgan fingerprint density at radius 1 is 1.88 bits per heavy atom. The Labute approximate surface area is 63.3 Å². The molecule has 0 aliphatic carbocycles. The summed E-state index contributed by atoms with van der Waals surface area (Å²) in [4.78, 5) is 13.0. The van der Waals surface area contributed by atoms with Crippen molar-refractivity contribution in [3.63, 3.8) is 0 Å². The first-order valence-corrected chi connectivity index (χ1v) is 2.96. The molecule has 44 valence electrons. The molecule has 0 aromatic rings. The van der Waals surface area contributed by atoms with Crippen LogP contribution in [0.3, 0.4) is 0 Å². The second-order valence-corrected chi connectivity index (χ2v) is 1.83. The zero-order valence-corrected chi connectivity index (χ0v) is 6.73. The molecule has 0 aromatic carbocycles. The number of urea groups is 1. The Balaban J connectivity index is 3.68. The number of hydrogen-bond acceptors (Lipinski definition) is 1. The van der Waals surface area contributed by atoms with Gasteiger partial charge >= 0.3 is 6.03 Å². The van der Waals surface area contributed by atoms with Crippen LogP contribution in [0.15, 0.2) is 0 Å². The van der Waals surface area contributed by atoms with Crippen molar-refractivity contribution in [2.75, 3.05) is 0 Å². The molecule has 0 saturated carbocycles. The summed E-state index contributed by atoms with van der Waals surface area (Å²) >= 11 is 5.28. The maximum Gasteiger partial charge on any atom is 0.406 e. The topological polar surface area (TPSA) is 36.7 Å². The lowest BCUT2D eigenvalue weighted by Crippen LogP contribution is -2.20.